The number of thioether (sulfide) groups is 1. The third-order valence-corrected chi connectivity index (χ3v) is 5.56. The summed E-state index contributed by atoms with van der Waals surface area (Å²) in [4.78, 5) is 4.39. The summed E-state index contributed by atoms with van der Waals surface area (Å²) in [6.07, 6.45) is 2.67. The van der Waals surface area contributed by atoms with Crippen LogP contribution in [0.5, 0.6) is 5.75 Å². The lowest BCUT2D eigenvalue weighted by molar-refractivity contribution is 0.416. The molecule has 0 aliphatic rings. The van der Waals surface area contributed by atoms with Crippen LogP contribution in [0.1, 0.15) is 5.69 Å². The molecule has 29 heavy (non-hydrogen) atoms. The molecular formula is C22H19ClN4OS. The minimum atomic E-state index is 0.685. The van der Waals surface area contributed by atoms with Gasteiger partial charge in [0.25, 0.3) is 0 Å². The standard InChI is InChI=1S/C22H19ClN4OS/c1-28-20-8-3-2-7-19(20)21-25-26-22(27(21)18-11-9-16(23)10-12-18)29-15-13-17-6-4-5-14-24-17/h2-12,14H,13,15H2,1H3. The first-order valence-corrected chi connectivity index (χ1v) is 10.5. The number of hydrogen-bond donors (Lipinski definition) is 0. The Morgan fingerprint density at radius 2 is 1.76 bits per heavy atom. The summed E-state index contributed by atoms with van der Waals surface area (Å²) in [6.45, 7) is 0. The SMILES string of the molecule is COc1ccccc1-c1nnc(SCCc2ccccn2)n1-c1ccc(Cl)cc1. The van der Waals surface area contributed by atoms with Gasteiger partial charge in [0.2, 0.25) is 0 Å². The Labute approximate surface area is 178 Å². The van der Waals surface area contributed by atoms with E-state index in [2.05, 4.69) is 15.2 Å². The van der Waals surface area contributed by atoms with E-state index in [1.807, 2.05) is 77.5 Å². The molecule has 0 aliphatic carbocycles. The molecule has 2 aromatic heterocycles. The second kappa shape index (κ2) is 9.11. The zero-order chi connectivity index (χ0) is 20.1. The Hall–Kier alpha value is -2.83. The number of methoxy groups -OCH3 is 1. The molecule has 0 bridgehead atoms. The highest BCUT2D eigenvalue weighted by Gasteiger charge is 2.19. The molecule has 0 atom stereocenters. The van der Waals surface area contributed by atoms with Crippen LogP contribution in [-0.4, -0.2) is 32.6 Å². The second-order valence-corrected chi connectivity index (χ2v) is 7.74. The smallest absolute Gasteiger partial charge is 0.196 e. The molecule has 0 aliphatic heterocycles. The fourth-order valence-electron chi connectivity index (χ4n) is 2.98. The van der Waals surface area contributed by atoms with Crippen molar-refractivity contribution in [2.75, 3.05) is 12.9 Å². The van der Waals surface area contributed by atoms with Gasteiger partial charge in [0, 0.05) is 28.4 Å². The summed E-state index contributed by atoms with van der Waals surface area (Å²) in [6, 6.07) is 21.4. The van der Waals surface area contributed by atoms with Crippen LogP contribution in [0, 0.1) is 0 Å². The largest absolute Gasteiger partial charge is 0.496 e. The maximum atomic E-state index is 6.10. The normalized spacial score (nSPS) is 10.8. The van der Waals surface area contributed by atoms with Crippen molar-refractivity contribution in [2.24, 2.45) is 0 Å². The predicted molar refractivity (Wildman–Crippen MR) is 117 cm³/mol. The average molecular weight is 423 g/mol. The Bertz CT molecular complexity index is 1080. The molecule has 5 nitrogen and oxygen atoms in total. The molecule has 0 amide bonds. The first-order chi connectivity index (χ1) is 14.3. The monoisotopic (exact) mass is 422 g/mol. The summed E-state index contributed by atoms with van der Waals surface area (Å²) in [7, 11) is 1.66. The zero-order valence-corrected chi connectivity index (χ0v) is 17.4. The summed E-state index contributed by atoms with van der Waals surface area (Å²) < 4.78 is 7.58. The third-order valence-electron chi connectivity index (χ3n) is 4.38. The molecule has 0 saturated heterocycles. The molecule has 2 aromatic carbocycles. The summed E-state index contributed by atoms with van der Waals surface area (Å²) in [5.74, 6) is 2.32. The number of hydrogen-bond acceptors (Lipinski definition) is 5. The molecular weight excluding hydrogens is 404 g/mol. The third kappa shape index (κ3) is 4.44. The average Bonchev–Trinajstić information content (AvgIpc) is 3.18. The summed E-state index contributed by atoms with van der Waals surface area (Å²) in [5.41, 5.74) is 2.89. The molecule has 0 radical (unpaired) electrons. The van der Waals surface area contributed by atoms with E-state index in [1.54, 1.807) is 18.9 Å². The lowest BCUT2D eigenvalue weighted by Crippen LogP contribution is -2.01. The fraction of sp³-hybridized carbons (Fsp3) is 0.136. The van der Waals surface area contributed by atoms with E-state index in [1.165, 1.54) is 0 Å². The van der Waals surface area contributed by atoms with Crippen LogP contribution < -0.4 is 4.74 Å². The number of ether oxygens (including phenoxy) is 1. The maximum absolute atomic E-state index is 6.10. The van der Waals surface area contributed by atoms with E-state index >= 15 is 0 Å². The number of aromatic nitrogens is 4. The van der Waals surface area contributed by atoms with Crippen LogP contribution in [0.25, 0.3) is 17.1 Å². The van der Waals surface area contributed by atoms with Gasteiger partial charge in [0.05, 0.1) is 12.7 Å². The lowest BCUT2D eigenvalue weighted by atomic mass is 10.2. The van der Waals surface area contributed by atoms with Crippen LogP contribution >= 0.6 is 23.4 Å². The van der Waals surface area contributed by atoms with E-state index in [0.29, 0.717) is 5.02 Å². The van der Waals surface area contributed by atoms with Gasteiger partial charge in [-0.15, -0.1) is 10.2 Å². The van der Waals surface area contributed by atoms with Crippen molar-refractivity contribution < 1.29 is 4.74 Å². The van der Waals surface area contributed by atoms with Crippen molar-refractivity contribution in [1.82, 2.24) is 19.7 Å². The van der Waals surface area contributed by atoms with Gasteiger partial charge < -0.3 is 4.74 Å². The number of pyridine rings is 1. The first-order valence-electron chi connectivity index (χ1n) is 9.13. The predicted octanol–water partition coefficient (Wildman–Crippen LogP) is 5.33. The molecule has 7 heteroatoms. The van der Waals surface area contributed by atoms with E-state index in [9.17, 15) is 0 Å². The number of nitrogens with zero attached hydrogens (tertiary/aromatic N) is 4. The molecule has 0 unspecified atom stereocenters. The maximum Gasteiger partial charge on any atom is 0.196 e. The summed E-state index contributed by atoms with van der Waals surface area (Å²) >= 11 is 7.74. The van der Waals surface area contributed by atoms with Crippen LogP contribution in [-0.2, 0) is 6.42 Å². The van der Waals surface area contributed by atoms with Crippen LogP contribution in [0.15, 0.2) is 78.1 Å². The highest BCUT2D eigenvalue weighted by Crippen LogP contribution is 2.33. The van der Waals surface area contributed by atoms with Gasteiger partial charge in [-0.25, -0.2) is 0 Å². The van der Waals surface area contributed by atoms with Crippen molar-refractivity contribution in [3.05, 3.63) is 83.6 Å². The molecule has 0 spiro atoms. The number of benzene rings is 2. The van der Waals surface area contributed by atoms with Gasteiger partial charge in [0.1, 0.15) is 5.75 Å². The van der Waals surface area contributed by atoms with Gasteiger partial charge in [-0.2, -0.15) is 0 Å². The lowest BCUT2D eigenvalue weighted by Gasteiger charge is -2.12. The molecule has 0 saturated carbocycles. The van der Waals surface area contributed by atoms with Crippen molar-refractivity contribution >= 4 is 23.4 Å². The number of aryl methyl sites for hydroxylation is 1. The highest BCUT2D eigenvalue weighted by atomic mass is 35.5. The van der Waals surface area contributed by atoms with E-state index in [4.69, 9.17) is 16.3 Å². The van der Waals surface area contributed by atoms with Gasteiger partial charge in [-0.1, -0.05) is 41.6 Å². The minimum absolute atomic E-state index is 0.685. The van der Waals surface area contributed by atoms with Crippen LogP contribution in [0.4, 0.5) is 0 Å². The van der Waals surface area contributed by atoms with Gasteiger partial charge in [0.15, 0.2) is 11.0 Å². The quantitative estimate of drug-likeness (QED) is 0.377. The zero-order valence-electron chi connectivity index (χ0n) is 15.8. The highest BCUT2D eigenvalue weighted by molar-refractivity contribution is 7.99. The number of rotatable bonds is 7. The van der Waals surface area contributed by atoms with Crippen LogP contribution in [0.2, 0.25) is 5.02 Å². The Balaban J connectivity index is 1.69. The van der Waals surface area contributed by atoms with E-state index < -0.39 is 0 Å². The molecule has 4 aromatic rings. The minimum Gasteiger partial charge on any atom is -0.496 e. The molecule has 2 heterocycles. The Morgan fingerprint density at radius 1 is 0.966 bits per heavy atom. The van der Waals surface area contributed by atoms with Gasteiger partial charge in [-0.05, 0) is 55.0 Å². The van der Waals surface area contributed by atoms with Crippen molar-refractivity contribution in [3.8, 4) is 22.8 Å². The van der Waals surface area contributed by atoms with Crippen molar-refractivity contribution in [1.29, 1.82) is 0 Å². The molecule has 0 fully saturated rings. The molecule has 4 rings (SSSR count). The first kappa shape index (κ1) is 19.5. The number of para-hydroxylation sites is 1. The fourth-order valence-corrected chi connectivity index (χ4v) is 4.02. The van der Waals surface area contributed by atoms with E-state index in [-0.39, 0.29) is 0 Å². The molecule has 146 valence electrons. The van der Waals surface area contributed by atoms with Crippen LogP contribution in [0.3, 0.4) is 0 Å². The van der Waals surface area contributed by atoms with Gasteiger partial charge >= 0.3 is 0 Å². The van der Waals surface area contributed by atoms with E-state index in [0.717, 1.165) is 45.8 Å². The van der Waals surface area contributed by atoms with Crippen molar-refractivity contribution in [3.63, 3.8) is 0 Å². The van der Waals surface area contributed by atoms with Crippen molar-refractivity contribution in [2.45, 2.75) is 11.6 Å². The van der Waals surface area contributed by atoms with Gasteiger partial charge in [-0.3, -0.25) is 9.55 Å². The summed E-state index contributed by atoms with van der Waals surface area (Å²) in [5, 5.41) is 10.4. The molecule has 0 N–H and O–H groups in total. The Kier molecular flexibility index (Phi) is 6.12. The Morgan fingerprint density at radius 3 is 2.52 bits per heavy atom. The topological polar surface area (TPSA) is 52.8 Å². The second-order valence-electron chi connectivity index (χ2n) is 6.24. The number of halogens is 1.